The van der Waals surface area contributed by atoms with Gasteiger partial charge >= 0.3 is 0 Å². The van der Waals surface area contributed by atoms with Gasteiger partial charge in [-0.1, -0.05) is 6.92 Å². The molecule has 0 spiro atoms. The fourth-order valence-corrected chi connectivity index (χ4v) is 1.18. The molecule has 13 heavy (non-hydrogen) atoms. The monoisotopic (exact) mass is 197 g/mol. The minimum atomic E-state index is 0.642. The first-order chi connectivity index (χ1) is 6.33. The molecule has 0 saturated carbocycles. The number of rotatable bonds is 5. The van der Waals surface area contributed by atoms with Crippen molar-refractivity contribution in [1.82, 2.24) is 15.3 Å². The largest absolute Gasteiger partial charge is 0.309 e. The van der Waals surface area contributed by atoms with Gasteiger partial charge in [0.1, 0.15) is 5.82 Å². The molecule has 0 bridgehead atoms. The fraction of sp³-hybridized carbons (Fsp3) is 0.556. The molecule has 0 radical (unpaired) electrons. The minimum absolute atomic E-state index is 0.642. The van der Waals surface area contributed by atoms with Crippen LogP contribution in [0.4, 0.5) is 0 Å². The first-order valence-corrected chi connectivity index (χ1v) is 5.61. The molecule has 1 rings (SSSR count). The predicted octanol–water partition coefficient (Wildman–Crippen LogP) is 1.32. The number of hydrogen-bond acceptors (Lipinski definition) is 4. The maximum Gasteiger partial charge on any atom is 0.141 e. The first-order valence-electron chi connectivity index (χ1n) is 4.32. The minimum Gasteiger partial charge on any atom is -0.309 e. The van der Waals surface area contributed by atoms with E-state index in [-0.39, 0.29) is 0 Å². The van der Waals surface area contributed by atoms with Crippen LogP contribution in [0.1, 0.15) is 12.7 Å². The third-order valence-corrected chi connectivity index (χ3v) is 2.71. The average molecular weight is 197 g/mol. The second kappa shape index (κ2) is 5.94. The van der Waals surface area contributed by atoms with Crippen LogP contribution in [0.25, 0.3) is 0 Å². The van der Waals surface area contributed by atoms with Crippen molar-refractivity contribution in [2.45, 2.75) is 18.7 Å². The van der Waals surface area contributed by atoms with E-state index in [4.69, 9.17) is 0 Å². The molecule has 1 atom stereocenters. The molecule has 1 aromatic heterocycles. The maximum absolute atomic E-state index is 4.12. The van der Waals surface area contributed by atoms with Crippen LogP contribution < -0.4 is 5.32 Å². The van der Waals surface area contributed by atoms with E-state index in [9.17, 15) is 0 Å². The summed E-state index contributed by atoms with van der Waals surface area (Å²) in [6, 6.07) is 1.83. The Bertz CT molecular complexity index is 228. The van der Waals surface area contributed by atoms with Gasteiger partial charge in [-0.25, -0.2) is 9.97 Å². The molecule has 0 aliphatic carbocycles. The van der Waals surface area contributed by atoms with E-state index in [1.54, 1.807) is 12.4 Å². The van der Waals surface area contributed by atoms with Crippen molar-refractivity contribution in [3.05, 3.63) is 24.3 Å². The van der Waals surface area contributed by atoms with Crippen LogP contribution >= 0.6 is 11.8 Å². The van der Waals surface area contributed by atoms with Gasteiger partial charge < -0.3 is 5.32 Å². The van der Waals surface area contributed by atoms with Crippen molar-refractivity contribution in [2.75, 3.05) is 12.8 Å². The summed E-state index contributed by atoms with van der Waals surface area (Å²) < 4.78 is 0. The van der Waals surface area contributed by atoms with Gasteiger partial charge in [-0.3, -0.25) is 0 Å². The number of aromatic nitrogens is 2. The Hall–Kier alpha value is -0.610. The molecule has 0 saturated heterocycles. The molecule has 3 nitrogen and oxygen atoms in total. The lowest BCUT2D eigenvalue weighted by atomic mass is 10.4. The summed E-state index contributed by atoms with van der Waals surface area (Å²) in [4.78, 5) is 8.24. The lowest BCUT2D eigenvalue weighted by Gasteiger charge is -2.08. The molecular formula is C9H15N3S. The number of thioether (sulfide) groups is 1. The van der Waals surface area contributed by atoms with E-state index in [2.05, 4.69) is 28.5 Å². The predicted molar refractivity (Wildman–Crippen MR) is 56.7 cm³/mol. The Morgan fingerprint density at radius 3 is 2.77 bits per heavy atom. The zero-order valence-corrected chi connectivity index (χ0v) is 8.84. The molecule has 0 amide bonds. The highest BCUT2D eigenvalue weighted by Crippen LogP contribution is 2.02. The lowest BCUT2D eigenvalue weighted by Crippen LogP contribution is -2.22. The third-order valence-electron chi connectivity index (χ3n) is 1.74. The smallest absolute Gasteiger partial charge is 0.141 e. The summed E-state index contributed by atoms with van der Waals surface area (Å²) in [5.41, 5.74) is 0. The van der Waals surface area contributed by atoms with Crippen molar-refractivity contribution in [3.8, 4) is 0 Å². The van der Waals surface area contributed by atoms with E-state index in [0.29, 0.717) is 5.25 Å². The average Bonchev–Trinajstić information content (AvgIpc) is 2.19. The Labute approximate surface area is 83.4 Å². The molecule has 1 N–H and O–H groups in total. The van der Waals surface area contributed by atoms with Crippen LogP contribution in [0.3, 0.4) is 0 Å². The molecule has 0 aliphatic rings. The van der Waals surface area contributed by atoms with Crippen molar-refractivity contribution < 1.29 is 0 Å². The molecule has 4 heteroatoms. The van der Waals surface area contributed by atoms with E-state index in [1.807, 2.05) is 17.8 Å². The highest BCUT2D eigenvalue weighted by atomic mass is 32.2. The summed E-state index contributed by atoms with van der Waals surface area (Å²) in [6.07, 6.45) is 5.65. The third kappa shape index (κ3) is 4.24. The van der Waals surface area contributed by atoms with E-state index < -0.39 is 0 Å². The van der Waals surface area contributed by atoms with Crippen molar-refractivity contribution in [3.63, 3.8) is 0 Å². The topological polar surface area (TPSA) is 37.8 Å². The van der Waals surface area contributed by atoms with Crippen LogP contribution in [-0.4, -0.2) is 28.0 Å². The quantitative estimate of drug-likeness (QED) is 0.772. The highest BCUT2D eigenvalue weighted by molar-refractivity contribution is 7.99. The standard InChI is InChI=1S/C9H15N3S/c1-8(13-2)6-10-7-9-11-4-3-5-12-9/h3-5,8,10H,6-7H2,1-2H3. The SMILES string of the molecule is CSC(C)CNCc1ncccn1. The Morgan fingerprint density at radius 2 is 2.15 bits per heavy atom. The fourth-order valence-electron chi connectivity index (χ4n) is 0.892. The lowest BCUT2D eigenvalue weighted by molar-refractivity contribution is 0.657. The van der Waals surface area contributed by atoms with Gasteiger partial charge in [0.2, 0.25) is 0 Å². The van der Waals surface area contributed by atoms with Gasteiger partial charge in [0.05, 0.1) is 6.54 Å². The zero-order chi connectivity index (χ0) is 9.52. The van der Waals surface area contributed by atoms with Gasteiger partial charge in [-0.05, 0) is 12.3 Å². The maximum atomic E-state index is 4.12. The van der Waals surface area contributed by atoms with E-state index >= 15 is 0 Å². The Morgan fingerprint density at radius 1 is 1.46 bits per heavy atom. The summed E-state index contributed by atoms with van der Waals surface area (Å²) >= 11 is 1.86. The molecule has 72 valence electrons. The number of hydrogen-bond donors (Lipinski definition) is 1. The van der Waals surface area contributed by atoms with Gasteiger partial charge in [-0.15, -0.1) is 0 Å². The highest BCUT2D eigenvalue weighted by Gasteiger charge is 1.98. The van der Waals surface area contributed by atoms with Crippen molar-refractivity contribution >= 4 is 11.8 Å². The van der Waals surface area contributed by atoms with E-state index in [1.165, 1.54) is 0 Å². The van der Waals surface area contributed by atoms with Gasteiger partial charge in [0.15, 0.2) is 0 Å². The van der Waals surface area contributed by atoms with Gasteiger partial charge in [0, 0.05) is 24.2 Å². The van der Waals surface area contributed by atoms with E-state index in [0.717, 1.165) is 18.9 Å². The van der Waals surface area contributed by atoms with Crippen molar-refractivity contribution in [1.29, 1.82) is 0 Å². The van der Waals surface area contributed by atoms with Crippen molar-refractivity contribution in [2.24, 2.45) is 0 Å². The molecule has 1 unspecified atom stereocenters. The zero-order valence-electron chi connectivity index (χ0n) is 8.03. The molecule has 0 aromatic carbocycles. The second-order valence-electron chi connectivity index (χ2n) is 2.84. The number of nitrogens with zero attached hydrogens (tertiary/aromatic N) is 2. The van der Waals surface area contributed by atoms with Crippen LogP contribution in [-0.2, 0) is 6.54 Å². The van der Waals surface area contributed by atoms with Crippen LogP contribution in [0, 0.1) is 0 Å². The molecule has 0 fully saturated rings. The second-order valence-corrected chi connectivity index (χ2v) is 4.12. The summed E-state index contributed by atoms with van der Waals surface area (Å²) in [5, 5.41) is 3.95. The Kier molecular flexibility index (Phi) is 4.78. The normalized spacial score (nSPS) is 12.8. The van der Waals surface area contributed by atoms with Crippen LogP contribution in [0.5, 0.6) is 0 Å². The Balaban J connectivity index is 2.20. The molecular weight excluding hydrogens is 182 g/mol. The molecule has 0 aliphatic heterocycles. The summed E-state index contributed by atoms with van der Waals surface area (Å²) in [7, 11) is 0. The number of nitrogens with one attached hydrogen (secondary N) is 1. The molecule has 1 aromatic rings. The van der Waals surface area contributed by atoms with Crippen LogP contribution in [0.15, 0.2) is 18.5 Å². The first kappa shape index (κ1) is 10.5. The molecule has 1 heterocycles. The van der Waals surface area contributed by atoms with Gasteiger partial charge in [-0.2, -0.15) is 11.8 Å². The van der Waals surface area contributed by atoms with Crippen LogP contribution in [0.2, 0.25) is 0 Å². The summed E-state index contributed by atoms with van der Waals surface area (Å²) in [5.74, 6) is 0.857. The van der Waals surface area contributed by atoms with Gasteiger partial charge in [0.25, 0.3) is 0 Å². The summed E-state index contributed by atoms with van der Waals surface area (Å²) in [6.45, 7) is 3.95.